The van der Waals surface area contributed by atoms with Crippen molar-refractivity contribution in [3.63, 3.8) is 0 Å². The molecule has 3 nitrogen and oxygen atoms in total. The van der Waals surface area contributed by atoms with Gasteiger partial charge in [0.2, 0.25) is 0 Å². The van der Waals surface area contributed by atoms with E-state index in [1.807, 2.05) is 18.3 Å². The second kappa shape index (κ2) is 5.73. The standard InChI is InChI=1S/C11H18N2O/c1-9(14)5-7-13-10(2)11-4-3-6-12-8-11/h3-4,6,8-10,13-14H,5,7H2,1-2H3/t9-,10-/m0/s1. The van der Waals surface area contributed by atoms with E-state index in [1.54, 1.807) is 13.1 Å². The summed E-state index contributed by atoms with van der Waals surface area (Å²) < 4.78 is 0. The molecule has 0 amide bonds. The van der Waals surface area contributed by atoms with Gasteiger partial charge in [-0.15, -0.1) is 0 Å². The number of aliphatic hydroxyl groups excluding tert-OH is 1. The summed E-state index contributed by atoms with van der Waals surface area (Å²) in [6.45, 7) is 4.73. The van der Waals surface area contributed by atoms with Gasteiger partial charge < -0.3 is 10.4 Å². The third-order valence-electron chi connectivity index (χ3n) is 2.20. The first kappa shape index (κ1) is 11.1. The Bertz CT molecular complexity index is 249. The number of hydrogen-bond donors (Lipinski definition) is 2. The van der Waals surface area contributed by atoms with Crippen LogP contribution in [0.3, 0.4) is 0 Å². The average molecular weight is 194 g/mol. The van der Waals surface area contributed by atoms with Gasteiger partial charge in [0.25, 0.3) is 0 Å². The molecule has 1 aromatic heterocycles. The fraction of sp³-hybridized carbons (Fsp3) is 0.545. The zero-order valence-corrected chi connectivity index (χ0v) is 8.77. The zero-order chi connectivity index (χ0) is 10.4. The zero-order valence-electron chi connectivity index (χ0n) is 8.77. The highest BCUT2D eigenvalue weighted by molar-refractivity contribution is 5.12. The third kappa shape index (κ3) is 3.85. The molecule has 14 heavy (non-hydrogen) atoms. The number of pyridine rings is 1. The maximum atomic E-state index is 9.08. The SMILES string of the molecule is C[C@H](O)CCN[C@@H](C)c1cccnc1. The number of rotatable bonds is 5. The molecule has 1 rings (SSSR count). The number of nitrogens with zero attached hydrogens (tertiary/aromatic N) is 1. The van der Waals surface area contributed by atoms with Crippen LogP contribution in [-0.2, 0) is 0 Å². The lowest BCUT2D eigenvalue weighted by Gasteiger charge is -2.14. The van der Waals surface area contributed by atoms with Gasteiger partial charge in [-0.05, 0) is 38.4 Å². The van der Waals surface area contributed by atoms with E-state index in [0.29, 0.717) is 6.04 Å². The molecule has 3 heteroatoms. The van der Waals surface area contributed by atoms with Crippen LogP contribution in [0.15, 0.2) is 24.5 Å². The van der Waals surface area contributed by atoms with Crippen LogP contribution < -0.4 is 5.32 Å². The van der Waals surface area contributed by atoms with Crippen molar-refractivity contribution in [3.05, 3.63) is 30.1 Å². The minimum atomic E-state index is -0.233. The highest BCUT2D eigenvalue weighted by atomic mass is 16.3. The summed E-state index contributed by atoms with van der Waals surface area (Å²) in [4.78, 5) is 4.06. The fourth-order valence-corrected chi connectivity index (χ4v) is 1.26. The molecule has 0 unspecified atom stereocenters. The van der Waals surface area contributed by atoms with E-state index in [2.05, 4.69) is 17.2 Å². The molecule has 0 aliphatic heterocycles. The van der Waals surface area contributed by atoms with Gasteiger partial charge in [-0.3, -0.25) is 4.98 Å². The van der Waals surface area contributed by atoms with E-state index >= 15 is 0 Å². The lowest BCUT2D eigenvalue weighted by molar-refractivity contribution is 0.182. The first-order valence-corrected chi connectivity index (χ1v) is 5.01. The van der Waals surface area contributed by atoms with Crippen molar-refractivity contribution in [2.45, 2.75) is 32.4 Å². The van der Waals surface area contributed by atoms with Crippen molar-refractivity contribution in [2.24, 2.45) is 0 Å². The topological polar surface area (TPSA) is 45.1 Å². The molecule has 0 saturated heterocycles. The first-order chi connectivity index (χ1) is 6.70. The molecular formula is C11H18N2O. The van der Waals surface area contributed by atoms with Gasteiger partial charge in [-0.1, -0.05) is 6.07 Å². The number of aliphatic hydroxyl groups is 1. The predicted molar refractivity (Wildman–Crippen MR) is 57.0 cm³/mol. The van der Waals surface area contributed by atoms with E-state index < -0.39 is 0 Å². The molecule has 0 bridgehead atoms. The Balaban J connectivity index is 2.32. The molecule has 1 aromatic rings. The molecule has 0 fully saturated rings. The maximum absolute atomic E-state index is 9.08. The van der Waals surface area contributed by atoms with E-state index in [9.17, 15) is 0 Å². The molecule has 0 saturated carbocycles. The van der Waals surface area contributed by atoms with Crippen molar-refractivity contribution in [1.82, 2.24) is 10.3 Å². The largest absolute Gasteiger partial charge is 0.393 e. The lowest BCUT2D eigenvalue weighted by Crippen LogP contribution is -2.22. The predicted octanol–water partition coefficient (Wildman–Crippen LogP) is 1.50. The maximum Gasteiger partial charge on any atom is 0.0524 e. The molecule has 78 valence electrons. The Morgan fingerprint density at radius 2 is 2.29 bits per heavy atom. The lowest BCUT2D eigenvalue weighted by atomic mass is 10.1. The Hall–Kier alpha value is -0.930. The molecule has 2 atom stereocenters. The minimum absolute atomic E-state index is 0.233. The van der Waals surface area contributed by atoms with Gasteiger partial charge in [0, 0.05) is 18.4 Å². The number of aromatic nitrogens is 1. The smallest absolute Gasteiger partial charge is 0.0524 e. The van der Waals surface area contributed by atoms with E-state index in [1.165, 1.54) is 5.56 Å². The number of hydrogen-bond acceptors (Lipinski definition) is 3. The van der Waals surface area contributed by atoms with E-state index in [-0.39, 0.29) is 6.10 Å². The second-order valence-electron chi connectivity index (χ2n) is 3.60. The van der Waals surface area contributed by atoms with Gasteiger partial charge in [0.1, 0.15) is 0 Å². The molecule has 0 spiro atoms. The van der Waals surface area contributed by atoms with Crippen LogP contribution >= 0.6 is 0 Å². The number of nitrogens with one attached hydrogen (secondary N) is 1. The van der Waals surface area contributed by atoms with Gasteiger partial charge in [0.15, 0.2) is 0 Å². The highest BCUT2D eigenvalue weighted by Crippen LogP contribution is 2.09. The summed E-state index contributed by atoms with van der Waals surface area (Å²) in [6, 6.07) is 4.28. The summed E-state index contributed by atoms with van der Waals surface area (Å²) in [5.41, 5.74) is 1.18. The normalized spacial score (nSPS) is 15.1. The van der Waals surface area contributed by atoms with Crippen LogP contribution in [-0.4, -0.2) is 22.7 Å². The molecule has 0 radical (unpaired) electrons. The highest BCUT2D eigenvalue weighted by Gasteiger charge is 2.04. The molecular weight excluding hydrogens is 176 g/mol. The first-order valence-electron chi connectivity index (χ1n) is 5.01. The Morgan fingerprint density at radius 3 is 2.86 bits per heavy atom. The summed E-state index contributed by atoms with van der Waals surface area (Å²) in [5, 5.41) is 12.4. The fourth-order valence-electron chi connectivity index (χ4n) is 1.26. The Morgan fingerprint density at radius 1 is 1.50 bits per heavy atom. The Kier molecular flexibility index (Phi) is 4.56. The minimum Gasteiger partial charge on any atom is -0.393 e. The molecule has 0 aliphatic rings. The van der Waals surface area contributed by atoms with Crippen molar-refractivity contribution in [2.75, 3.05) is 6.54 Å². The van der Waals surface area contributed by atoms with Crippen LogP contribution in [0.5, 0.6) is 0 Å². The summed E-state index contributed by atoms with van der Waals surface area (Å²) >= 11 is 0. The summed E-state index contributed by atoms with van der Waals surface area (Å²) in [7, 11) is 0. The van der Waals surface area contributed by atoms with Gasteiger partial charge in [-0.25, -0.2) is 0 Å². The second-order valence-corrected chi connectivity index (χ2v) is 3.60. The van der Waals surface area contributed by atoms with Crippen molar-refractivity contribution < 1.29 is 5.11 Å². The van der Waals surface area contributed by atoms with Crippen molar-refractivity contribution in [3.8, 4) is 0 Å². The molecule has 0 aliphatic carbocycles. The van der Waals surface area contributed by atoms with E-state index in [4.69, 9.17) is 5.11 Å². The van der Waals surface area contributed by atoms with Gasteiger partial charge in [-0.2, -0.15) is 0 Å². The van der Waals surface area contributed by atoms with Crippen molar-refractivity contribution >= 4 is 0 Å². The molecule has 0 aromatic carbocycles. The average Bonchev–Trinajstić information content (AvgIpc) is 2.18. The van der Waals surface area contributed by atoms with Crippen LogP contribution in [0.4, 0.5) is 0 Å². The van der Waals surface area contributed by atoms with Crippen LogP contribution in [0.1, 0.15) is 31.9 Å². The van der Waals surface area contributed by atoms with Crippen LogP contribution in [0.25, 0.3) is 0 Å². The van der Waals surface area contributed by atoms with Crippen LogP contribution in [0.2, 0.25) is 0 Å². The Labute approximate surface area is 85.2 Å². The van der Waals surface area contributed by atoms with Gasteiger partial charge >= 0.3 is 0 Å². The summed E-state index contributed by atoms with van der Waals surface area (Å²) in [6.07, 6.45) is 4.18. The van der Waals surface area contributed by atoms with Crippen LogP contribution in [0, 0.1) is 0 Å². The van der Waals surface area contributed by atoms with E-state index in [0.717, 1.165) is 13.0 Å². The monoisotopic (exact) mass is 194 g/mol. The third-order valence-corrected chi connectivity index (χ3v) is 2.20. The van der Waals surface area contributed by atoms with Gasteiger partial charge in [0.05, 0.1) is 6.10 Å². The van der Waals surface area contributed by atoms with Crippen molar-refractivity contribution in [1.29, 1.82) is 0 Å². The molecule has 1 heterocycles. The molecule has 2 N–H and O–H groups in total. The quantitative estimate of drug-likeness (QED) is 0.746. The summed E-state index contributed by atoms with van der Waals surface area (Å²) in [5.74, 6) is 0.